The van der Waals surface area contributed by atoms with Crippen LogP contribution in [0.5, 0.6) is 0 Å². The first-order valence-corrected chi connectivity index (χ1v) is 20.2. The van der Waals surface area contributed by atoms with Gasteiger partial charge in [0.1, 0.15) is 0 Å². The first kappa shape index (κ1) is 35.7. The van der Waals surface area contributed by atoms with Crippen molar-refractivity contribution in [1.82, 2.24) is 24.2 Å². The molecule has 61 heavy (non-hydrogen) atoms. The number of aliphatic imine (C=N–C) groups is 1. The van der Waals surface area contributed by atoms with Gasteiger partial charge in [-0.2, -0.15) is 0 Å². The minimum absolute atomic E-state index is 0.0863. The van der Waals surface area contributed by atoms with E-state index in [1.165, 1.54) is 10.8 Å². The third kappa shape index (κ3) is 6.49. The average Bonchev–Trinajstić information content (AvgIpc) is 3.84. The smallest absolute Gasteiger partial charge is 0.164 e. The first-order valence-electron chi connectivity index (χ1n) is 20.2. The van der Waals surface area contributed by atoms with Gasteiger partial charge in [-0.3, -0.25) is 15.5 Å². The highest BCUT2D eigenvalue weighted by Gasteiger charge is 2.18. The summed E-state index contributed by atoms with van der Waals surface area (Å²) >= 11 is 0. The van der Waals surface area contributed by atoms with Gasteiger partial charge in [-0.25, -0.2) is 19.9 Å². The van der Waals surface area contributed by atoms with Crippen molar-refractivity contribution in [3.8, 4) is 39.9 Å². The van der Waals surface area contributed by atoms with E-state index in [4.69, 9.17) is 19.9 Å². The van der Waals surface area contributed by atoms with Crippen LogP contribution in [0, 0.1) is 5.41 Å². The van der Waals surface area contributed by atoms with E-state index >= 15 is 0 Å². The Hall–Kier alpha value is -8.49. The van der Waals surface area contributed by atoms with Crippen LogP contribution in [0.15, 0.2) is 211 Å². The third-order valence-electron chi connectivity index (χ3n) is 11.1. The zero-order chi connectivity index (χ0) is 40.7. The Morgan fingerprint density at radius 2 is 0.869 bits per heavy atom. The summed E-state index contributed by atoms with van der Waals surface area (Å²) in [7, 11) is 0. The molecule has 0 aliphatic rings. The minimum Gasteiger partial charge on any atom is -0.309 e. The van der Waals surface area contributed by atoms with Crippen molar-refractivity contribution >= 4 is 55.3 Å². The van der Waals surface area contributed by atoms with E-state index in [1.807, 2.05) is 121 Å². The third-order valence-corrected chi connectivity index (χ3v) is 11.1. The number of hydrogen-bond donors (Lipinski definition) is 2. The van der Waals surface area contributed by atoms with Crippen LogP contribution in [0.3, 0.4) is 0 Å². The number of nitrogens with one attached hydrogen (secondary N) is 2. The molecule has 0 saturated carbocycles. The molecular weight excluding hydrogens is 749 g/mol. The van der Waals surface area contributed by atoms with Crippen LogP contribution in [-0.2, 0) is 0 Å². The standard InChI is InChI=1S/C53H36N8/c54-49(38-23-16-24-39(33-38)52-57-50(35-17-4-1-5-18-35)56-51(58-52)36-19-6-2-7-20-36)55-53(37-21-8-3-9-22-37)59-61-47-30-15-12-27-43(47)44-34-40(31-32-48(44)61)60-45-28-13-10-25-41(45)42-26-11-14-29-46(42)60/h1-34H,(H2,54,55,59). The fourth-order valence-electron chi connectivity index (χ4n) is 8.20. The molecule has 0 saturated heterocycles. The lowest BCUT2D eigenvalue weighted by molar-refractivity contribution is 1.07. The van der Waals surface area contributed by atoms with Crippen LogP contribution in [0.1, 0.15) is 11.1 Å². The monoisotopic (exact) mass is 784 g/mol. The van der Waals surface area contributed by atoms with Crippen LogP contribution >= 0.6 is 0 Å². The fourth-order valence-corrected chi connectivity index (χ4v) is 8.20. The molecule has 11 aromatic rings. The Balaban J connectivity index is 1.00. The zero-order valence-electron chi connectivity index (χ0n) is 32.8. The van der Waals surface area contributed by atoms with Gasteiger partial charge in [0.05, 0.1) is 22.1 Å². The van der Waals surface area contributed by atoms with Crippen LogP contribution < -0.4 is 5.43 Å². The van der Waals surface area contributed by atoms with Gasteiger partial charge < -0.3 is 4.57 Å². The summed E-state index contributed by atoms with van der Waals surface area (Å²) in [5.74, 6) is 2.28. The van der Waals surface area contributed by atoms with Crippen LogP contribution in [0.2, 0.25) is 0 Å². The van der Waals surface area contributed by atoms with Crippen molar-refractivity contribution in [1.29, 1.82) is 5.41 Å². The van der Waals surface area contributed by atoms with Gasteiger partial charge in [0, 0.05) is 55.0 Å². The Kier molecular flexibility index (Phi) is 8.78. The highest BCUT2D eigenvalue weighted by atomic mass is 15.4. The average molecular weight is 785 g/mol. The van der Waals surface area contributed by atoms with E-state index in [1.54, 1.807) is 0 Å². The Bertz CT molecular complexity index is 3350. The van der Waals surface area contributed by atoms with Crippen molar-refractivity contribution in [3.63, 3.8) is 0 Å². The second-order valence-electron chi connectivity index (χ2n) is 14.8. The number of benzene rings is 8. The van der Waals surface area contributed by atoms with E-state index in [9.17, 15) is 5.41 Å². The summed E-state index contributed by atoms with van der Waals surface area (Å²) in [6.07, 6.45) is 0. The summed E-state index contributed by atoms with van der Waals surface area (Å²) in [6, 6.07) is 69.6. The van der Waals surface area contributed by atoms with E-state index in [0.717, 1.165) is 60.8 Å². The van der Waals surface area contributed by atoms with Crippen molar-refractivity contribution < 1.29 is 0 Å². The van der Waals surface area contributed by atoms with Crippen LogP contribution in [-0.4, -0.2) is 35.9 Å². The first-order chi connectivity index (χ1) is 30.2. The van der Waals surface area contributed by atoms with E-state index in [0.29, 0.717) is 28.9 Å². The van der Waals surface area contributed by atoms with Crippen LogP contribution in [0.4, 0.5) is 0 Å². The summed E-state index contributed by atoms with van der Waals surface area (Å²) in [4.78, 5) is 19.7. The van der Waals surface area contributed by atoms with E-state index in [-0.39, 0.29) is 5.84 Å². The van der Waals surface area contributed by atoms with Gasteiger partial charge in [-0.05, 0) is 42.5 Å². The molecule has 0 atom stereocenters. The maximum Gasteiger partial charge on any atom is 0.164 e. The Morgan fingerprint density at radius 3 is 1.48 bits per heavy atom. The minimum atomic E-state index is 0.0863. The molecule has 0 bridgehead atoms. The molecule has 0 fully saturated rings. The summed E-state index contributed by atoms with van der Waals surface area (Å²) in [6.45, 7) is 0. The molecule has 11 rings (SSSR count). The van der Waals surface area contributed by atoms with Crippen molar-refractivity contribution in [3.05, 3.63) is 217 Å². The largest absolute Gasteiger partial charge is 0.309 e. The molecule has 0 aliphatic carbocycles. The second-order valence-corrected chi connectivity index (χ2v) is 14.8. The molecule has 0 amide bonds. The number of hydrogen-bond acceptors (Lipinski definition) is 4. The summed E-state index contributed by atoms with van der Waals surface area (Å²) in [5, 5.41) is 14.1. The van der Waals surface area contributed by atoms with Gasteiger partial charge in [0.15, 0.2) is 29.1 Å². The van der Waals surface area contributed by atoms with E-state index < -0.39 is 0 Å². The predicted octanol–water partition coefficient (Wildman–Crippen LogP) is 12.1. The number of nitrogens with zero attached hydrogens (tertiary/aromatic N) is 6. The fraction of sp³-hybridized carbons (Fsp3) is 0. The normalized spacial score (nSPS) is 11.8. The lowest BCUT2D eigenvalue weighted by Crippen LogP contribution is -2.25. The molecule has 0 unspecified atom stereocenters. The molecule has 8 aromatic carbocycles. The van der Waals surface area contributed by atoms with E-state index in [2.05, 4.69) is 99.6 Å². The molecular formula is C53H36N8. The molecule has 0 aliphatic heterocycles. The maximum atomic E-state index is 9.42. The van der Waals surface area contributed by atoms with Crippen LogP contribution in [0.25, 0.3) is 83.5 Å². The molecule has 3 heterocycles. The number of para-hydroxylation sites is 3. The topological polar surface area (TPSA) is 96.8 Å². The molecule has 3 aromatic heterocycles. The van der Waals surface area contributed by atoms with Crippen molar-refractivity contribution in [2.45, 2.75) is 0 Å². The molecule has 8 nitrogen and oxygen atoms in total. The highest BCUT2D eigenvalue weighted by molar-refractivity contribution is 6.16. The van der Waals surface area contributed by atoms with Gasteiger partial charge in [0.2, 0.25) is 0 Å². The quantitative estimate of drug-likeness (QED) is 0.124. The molecule has 2 N–H and O–H groups in total. The molecule has 8 heteroatoms. The number of rotatable bonds is 7. The number of fused-ring (bicyclic) bond motifs is 6. The van der Waals surface area contributed by atoms with Crippen molar-refractivity contribution in [2.24, 2.45) is 4.99 Å². The second kappa shape index (κ2) is 15.0. The Labute approximate surface area is 351 Å². The SMILES string of the molecule is N=C(/N=C(\Nn1c2ccccc2c2cc(-n3c4ccccc4c4ccccc43)ccc21)c1ccccc1)c1cccc(-c2nc(-c3ccccc3)nc(-c3ccccc3)n2)c1. The maximum absolute atomic E-state index is 9.42. The predicted molar refractivity (Wildman–Crippen MR) is 249 cm³/mol. The Morgan fingerprint density at radius 1 is 0.410 bits per heavy atom. The summed E-state index contributed by atoms with van der Waals surface area (Å²) < 4.78 is 4.43. The van der Waals surface area contributed by atoms with Gasteiger partial charge in [-0.15, -0.1) is 0 Å². The lowest BCUT2D eigenvalue weighted by Gasteiger charge is -2.15. The molecule has 0 spiro atoms. The molecule has 288 valence electrons. The highest BCUT2D eigenvalue weighted by Crippen LogP contribution is 2.35. The van der Waals surface area contributed by atoms with Gasteiger partial charge in [-0.1, -0.05) is 164 Å². The van der Waals surface area contributed by atoms with Gasteiger partial charge >= 0.3 is 0 Å². The lowest BCUT2D eigenvalue weighted by atomic mass is 10.1. The zero-order valence-corrected chi connectivity index (χ0v) is 32.8. The summed E-state index contributed by atoms with van der Waals surface area (Å²) in [5.41, 5.74) is 13.0. The van der Waals surface area contributed by atoms with Crippen molar-refractivity contribution in [2.75, 3.05) is 5.43 Å². The number of aromatic nitrogens is 5. The molecule has 0 radical (unpaired) electrons. The van der Waals surface area contributed by atoms with Gasteiger partial charge in [0.25, 0.3) is 0 Å². The number of amidine groups is 2.